The zero-order chi connectivity index (χ0) is 14.2. The van der Waals surface area contributed by atoms with Crippen LogP contribution in [0.1, 0.15) is 0 Å². The van der Waals surface area contributed by atoms with Crippen LogP contribution >= 0.6 is 0 Å². The first-order chi connectivity index (χ1) is 10.3. The SMILES string of the molecule is CN(c1ncccn1)C1CN(c2nccn3cnnc23)C1. The summed E-state index contributed by atoms with van der Waals surface area (Å²) in [4.78, 5) is 17.3. The van der Waals surface area contributed by atoms with Crippen molar-refractivity contribution in [3.05, 3.63) is 37.2 Å². The Hall–Kier alpha value is -2.77. The monoisotopic (exact) mass is 282 g/mol. The summed E-state index contributed by atoms with van der Waals surface area (Å²) in [5.41, 5.74) is 0.787. The number of hydrogen-bond donors (Lipinski definition) is 0. The van der Waals surface area contributed by atoms with E-state index in [0.29, 0.717) is 6.04 Å². The van der Waals surface area contributed by atoms with Gasteiger partial charge < -0.3 is 9.80 Å². The number of rotatable bonds is 3. The van der Waals surface area contributed by atoms with Crippen molar-refractivity contribution >= 4 is 17.4 Å². The molecule has 0 radical (unpaired) electrons. The molecule has 0 amide bonds. The topological polar surface area (TPSA) is 75.3 Å². The molecule has 0 saturated carbocycles. The van der Waals surface area contributed by atoms with Crippen molar-refractivity contribution in [2.24, 2.45) is 0 Å². The Bertz CT molecular complexity index is 749. The number of nitrogens with zero attached hydrogens (tertiary/aromatic N) is 8. The van der Waals surface area contributed by atoms with Crippen LogP contribution in [0.4, 0.5) is 11.8 Å². The molecule has 8 heteroatoms. The van der Waals surface area contributed by atoms with E-state index in [1.165, 1.54) is 0 Å². The fourth-order valence-corrected chi connectivity index (χ4v) is 2.48. The third-order valence-corrected chi connectivity index (χ3v) is 3.77. The fraction of sp³-hybridized carbons (Fsp3) is 0.308. The molecule has 1 saturated heterocycles. The first-order valence-electron chi connectivity index (χ1n) is 6.72. The van der Waals surface area contributed by atoms with E-state index in [-0.39, 0.29) is 0 Å². The molecule has 106 valence electrons. The van der Waals surface area contributed by atoms with Crippen LogP contribution in [0.2, 0.25) is 0 Å². The predicted octanol–water partition coefficient (Wildman–Crippen LogP) is 0.239. The fourth-order valence-electron chi connectivity index (χ4n) is 2.48. The molecule has 1 aliphatic rings. The van der Waals surface area contributed by atoms with Crippen molar-refractivity contribution in [1.82, 2.24) is 29.5 Å². The molecule has 0 aliphatic carbocycles. The maximum atomic E-state index is 4.42. The lowest BCUT2D eigenvalue weighted by Crippen LogP contribution is -2.59. The first kappa shape index (κ1) is 12.0. The van der Waals surface area contributed by atoms with E-state index < -0.39 is 0 Å². The summed E-state index contributed by atoms with van der Waals surface area (Å²) in [6.45, 7) is 1.74. The van der Waals surface area contributed by atoms with Crippen LogP contribution < -0.4 is 9.80 Å². The second kappa shape index (κ2) is 4.65. The Morgan fingerprint density at radius 1 is 1.14 bits per heavy atom. The molecular formula is C13H14N8. The second-order valence-corrected chi connectivity index (χ2v) is 5.03. The summed E-state index contributed by atoms with van der Waals surface area (Å²) < 4.78 is 1.87. The van der Waals surface area contributed by atoms with Gasteiger partial charge in [0.25, 0.3) is 0 Å². The minimum absolute atomic E-state index is 0.373. The highest BCUT2D eigenvalue weighted by atomic mass is 15.4. The van der Waals surface area contributed by atoms with Gasteiger partial charge in [-0.05, 0) is 6.07 Å². The van der Waals surface area contributed by atoms with Crippen LogP contribution in [0.25, 0.3) is 5.65 Å². The van der Waals surface area contributed by atoms with E-state index in [1.54, 1.807) is 24.9 Å². The van der Waals surface area contributed by atoms with Gasteiger partial charge in [0.1, 0.15) is 6.33 Å². The normalized spacial score (nSPS) is 15.2. The summed E-state index contributed by atoms with van der Waals surface area (Å²) in [7, 11) is 2.02. The lowest BCUT2D eigenvalue weighted by Gasteiger charge is -2.44. The zero-order valence-corrected chi connectivity index (χ0v) is 11.5. The molecule has 0 spiro atoms. The minimum atomic E-state index is 0.373. The van der Waals surface area contributed by atoms with E-state index in [2.05, 4.69) is 34.9 Å². The molecule has 4 rings (SSSR count). The van der Waals surface area contributed by atoms with Crippen LogP contribution in [-0.2, 0) is 0 Å². The van der Waals surface area contributed by atoms with Crippen molar-refractivity contribution in [1.29, 1.82) is 0 Å². The molecule has 0 N–H and O–H groups in total. The Labute approximate surface area is 121 Å². The Balaban J connectivity index is 1.51. The van der Waals surface area contributed by atoms with E-state index >= 15 is 0 Å². The predicted molar refractivity (Wildman–Crippen MR) is 77.2 cm³/mol. The maximum absolute atomic E-state index is 4.42. The van der Waals surface area contributed by atoms with Gasteiger partial charge >= 0.3 is 0 Å². The average Bonchev–Trinajstić information content (AvgIpc) is 2.96. The molecule has 1 aliphatic heterocycles. The molecule has 0 aromatic carbocycles. The van der Waals surface area contributed by atoms with Gasteiger partial charge in [-0.2, -0.15) is 0 Å². The molecule has 4 heterocycles. The molecule has 0 bridgehead atoms. The van der Waals surface area contributed by atoms with Crippen molar-refractivity contribution < 1.29 is 0 Å². The van der Waals surface area contributed by atoms with Gasteiger partial charge in [-0.25, -0.2) is 15.0 Å². The Morgan fingerprint density at radius 2 is 1.95 bits per heavy atom. The van der Waals surface area contributed by atoms with E-state index in [0.717, 1.165) is 30.5 Å². The quantitative estimate of drug-likeness (QED) is 0.681. The Kier molecular flexibility index (Phi) is 2.66. The molecule has 1 fully saturated rings. The first-order valence-corrected chi connectivity index (χ1v) is 6.72. The number of anilines is 2. The van der Waals surface area contributed by atoms with Gasteiger partial charge in [-0.15, -0.1) is 10.2 Å². The highest BCUT2D eigenvalue weighted by molar-refractivity contribution is 5.65. The zero-order valence-electron chi connectivity index (χ0n) is 11.5. The van der Waals surface area contributed by atoms with Crippen LogP contribution in [0, 0.1) is 0 Å². The highest BCUT2D eigenvalue weighted by Crippen LogP contribution is 2.25. The van der Waals surface area contributed by atoms with Gasteiger partial charge in [-0.1, -0.05) is 0 Å². The van der Waals surface area contributed by atoms with Gasteiger partial charge in [-0.3, -0.25) is 4.40 Å². The largest absolute Gasteiger partial charge is 0.349 e. The maximum Gasteiger partial charge on any atom is 0.225 e. The molecule has 8 nitrogen and oxygen atoms in total. The van der Waals surface area contributed by atoms with Crippen molar-refractivity contribution in [3.63, 3.8) is 0 Å². The number of fused-ring (bicyclic) bond motifs is 1. The molecule has 0 unspecified atom stereocenters. The summed E-state index contributed by atoms with van der Waals surface area (Å²) in [5, 5.41) is 8.04. The smallest absolute Gasteiger partial charge is 0.225 e. The van der Waals surface area contributed by atoms with Crippen molar-refractivity contribution in [2.45, 2.75) is 6.04 Å². The molecule has 3 aromatic rings. The summed E-state index contributed by atoms with van der Waals surface area (Å²) >= 11 is 0. The molecule has 0 atom stereocenters. The van der Waals surface area contributed by atoms with Gasteiger partial charge in [0.2, 0.25) is 11.6 Å². The third-order valence-electron chi connectivity index (χ3n) is 3.77. The number of hydrogen-bond acceptors (Lipinski definition) is 7. The summed E-state index contributed by atoms with van der Waals surface area (Å²) in [6, 6.07) is 2.19. The average molecular weight is 282 g/mol. The molecular weight excluding hydrogens is 268 g/mol. The second-order valence-electron chi connectivity index (χ2n) is 5.03. The van der Waals surface area contributed by atoms with Crippen LogP contribution in [0.5, 0.6) is 0 Å². The van der Waals surface area contributed by atoms with Crippen molar-refractivity contribution in [2.75, 3.05) is 29.9 Å². The number of aromatic nitrogens is 6. The summed E-state index contributed by atoms with van der Waals surface area (Å²) in [5.74, 6) is 1.62. The highest BCUT2D eigenvalue weighted by Gasteiger charge is 2.33. The van der Waals surface area contributed by atoms with E-state index in [4.69, 9.17) is 0 Å². The van der Waals surface area contributed by atoms with E-state index in [1.807, 2.05) is 23.7 Å². The molecule has 3 aromatic heterocycles. The van der Waals surface area contributed by atoms with Crippen LogP contribution in [0.3, 0.4) is 0 Å². The third kappa shape index (κ3) is 1.95. The summed E-state index contributed by atoms with van der Waals surface area (Å²) in [6.07, 6.45) is 8.81. The van der Waals surface area contributed by atoms with Crippen molar-refractivity contribution in [3.8, 4) is 0 Å². The Morgan fingerprint density at radius 3 is 2.76 bits per heavy atom. The van der Waals surface area contributed by atoms with Gasteiger partial charge in [0.05, 0.1) is 6.04 Å². The molecule has 21 heavy (non-hydrogen) atoms. The number of likely N-dealkylation sites (N-methyl/N-ethyl adjacent to an activating group) is 1. The van der Waals surface area contributed by atoms with E-state index in [9.17, 15) is 0 Å². The lowest BCUT2D eigenvalue weighted by molar-refractivity contribution is 0.487. The standard InChI is InChI=1S/C13H14N8/c1-19(13-15-3-2-4-16-13)10-7-21(8-10)11-12-18-17-9-20(12)6-5-14-11/h2-6,9-10H,7-8H2,1H3. The van der Waals surface area contributed by atoms with Gasteiger partial charge in [0.15, 0.2) is 5.82 Å². The van der Waals surface area contributed by atoms with Crippen LogP contribution in [0.15, 0.2) is 37.2 Å². The van der Waals surface area contributed by atoms with Gasteiger partial charge in [0, 0.05) is 44.9 Å². The van der Waals surface area contributed by atoms with Crippen LogP contribution in [-0.4, -0.2) is 55.7 Å². The lowest BCUT2D eigenvalue weighted by atomic mass is 10.1. The minimum Gasteiger partial charge on any atom is -0.349 e.